The second-order valence-electron chi connectivity index (χ2n) is 4.59. The van der Waals surface area contributed by atoms with Crippen LogP contribution in [0.4, 0.5) is 5.69 Å². The van der Waals surface area contributed by atoms with Gasteiger partial charge < -0.3 is 5.73 Å². The van der Waals surface area contributed by atoms with Crippen LogP contribution in [0.3, 0.4) is 0 Å². The lowest BCUT2D eigenvalue weighted by atomic mass is 10.1. The van der Waals surface area contributed by atoms with Crippen LogP contribution in [0, 0.1) is 10.1 Å². The number of rotatable bonds is 7. The predicted molar refractivity (Wildman–Crippen MR) is 85.2 cm³/mol. The van der Waals surface area contributed by atoms with Crippen molar-refractivity contribution in [1.82, 2.24) is 4.72 Å². The zero-order valence-electron chi connectivity index (χ0n) is 11.6. The van der Waals surface area contributed by atoms with Crippen LogP contribution in [-0.2, 0) is 11.2 Å². The second-order valence-corrected chi connectivity index (χ2v) is 5.47. The molecule has 0 aromatic heterocycles. The Morgan fingerprint density at radius 1 is 1.18 bits per heavy atom. The first kappa shape index (κ1) is 16.0. The minimum absolute atomic E-state index is 0.0112. The van der Waals surface area contributed by atoms with E-state index in [0.29, 0.717) is 11.3 Å². The van der Waals surface area contributed by atoms with Crippen molar-refractivity contribution < 1.29 is 9.72 Å². The molecule has 1 atom stereocenters. The van der Waals surface area contributed by atoms with Gasteiger partial charge in [0.1, 0.15) is 4.90 Å². The summed E-state index contributed by atoms with van der Waals surface area (Å²) in [6.45, 7) is 0. The Labute approximate surface area is 132 Å². The second kappa shape index (κ2) is 7.58. The zero-order chi connectivity index (χ0) is 15.9. The van der Waals surface area contributed by atoms with Crippen LogP contribution in [0.15, 0.2) is 59.5 Å². The molecule has 7 heteroatoms. The summed E-state index contributed by atoms with van der Waals surface area (Å²) in [6, 6.07) is 15.2. The molecule has 0 aliphatic heterocycles. The number of benzene rings is 2. The molecule has 0 heterocycles. The molecule has 2 aromatic carbocycles. The monoisotopic (exact) mass is 317 g/mol. The summed E-state index contributed by atoms with van der Waals surface area (Å²) < 4.78 is 2.92. The topological polar surface area (TPSA) is 98.3 Å². The van der Waals surface area contributed by atoms with E-state index in [0.717, 1.165) is 17.5 Å². The molecule has 0 bridgehead atoms. The van der Waals surface area contributed by atoms with Gasteiger partial charge in [0.15, 0.2) is 0 Å². The third-order valence-corrected chi connectivity index (χ3v) is 3.97. The van der Waals surface area contributed by atoms with E-state index in [1.165, 1.54) is 6.07 Å². The molecule has 1 amide bonds. The zero-order valence-corrected chi connectivity index (χ0v) is 12.5. The molecule has 0 fully saturated rings. The van der Waals surface area contributed by atoms with E-state index >= 15 is 0 Å². The number of para-hydroxylation sites is 1. The number of amides is 1. The average Bonchev–Trinajstić information content (AvgIpc) is 2.52. The lowest BCUT2D eigenvalue weighted by molar-refractivity contribution is -0.387. The molecule has 2 rings (SSSR count). The number of nitrogens with zero attached hydrogens (tertiary/aromatic N) is 1. The Kier molecular flexibility index (Phi) is 5.51. The van der Waals surface area contributed by atoms with Gasteiger partial charge in [0, 0.05) is 6.07 Å². The number of primary amides is 1. The molecule has 0 aliphatic rings. The maximum Gasteiger partial charge on any atom is 0.284 e. The van der Waals surface area contributed by atoms with Gasteiger partial charge in [0.2, 0.25) is 5.91 Å². The van der Waals surface area contributed by atoms with Crippen molar-refractivity contribution in [3.05, 3.63) is 70.3 Å². The highest BCUT2D eigenvalue weighted by molar-refractivity contribution is 7.97. The summed E-state index contributed by atoms with van der Waals surface area (Å²) in [6.07, 6.45) is 0.420. The van der Waals surface area contributed by atoms with Crippen molar-refractivity contribution in [3.63, 3.8) is 0 Å². The van der Waals surface area contributed by atoms with Gasteiger partial charge in [0.25, 0.3) is 5.69 Å². The van der Waals surface area contributed by atoms with Gasteiger partial charge >= 0.3 is 0 Å². The predicted octanol–water partition coefficient (Wildman–Crippen LogP) is 2.29. The number of carbonyl (C=O) groups excluding carboxylic acids is 1. The summed E-state index contributed by atoms with van der Waals surface area (Å²) in [5, 5.41) is 11.0. The van der Waals surface area contributed by atoms with Gasteiger partial charge in [-0.15, -0.1) is 0 Å². The minimum atomic E-state index is -0.618. The average molecular weight is 317 g/mol. The van der Waals surface area contributed by atoms with Crippen molar-refractivity contribution in [2.75, 3.05) is 0 Å². The third-order valence-electron chi connectivity index (χ3n) is 3.00. The minimum Gasteiger partial charge on any atom is -0.368 e. The normalized spacial score (nSPS) is 11.8. The van der Waals surface area contributed by atoms with Gasteiger partial charge in [0.05, 0.1) is 11.0 Å². The molecule has 0 aliphatic carbocycles. The maximum absolute atomic E-state index is 11.6. The summed E-state index contributed by atoms with van der Waals surface area (Å²) in [5.41, 5.74) is 6.35. The number of nitro groups is 1. The summed E-state index contributed by atoms with van der Waals surface area (Å²) in [4.78, 5) is 22.5. The Morgan fingerprint density at radius 3 is 2.45 bits per heavy atom. The van der Waals surface area contributed by atoms with E-state index < -0.39 is 16.9 Å². The molecule has 0 saturated heterocycles. The van der Waals surface area contributed by atoms with Gasteiger partial charge in [-0.1, -0.05) is 42.5 Å². The fraction of sp³-hybridized carbons (Fsp3) is 0.133. The molecule has 0 spiro atoms. The molecular formula is C15H15N3O3S. The van der Waals surface area contributed by atoms with Crippen LogP contribution in [0.5, 0.6) is 0 Å². The SMILES string of the molecule is NC(=O)[C@H](Cc1ccccc1)NSc1ccccc1[N+](=O)[O-]. The van der Waals surface area contributed by atoms with Gasteiger partial charge in [-0.3, -0.25) is 14.9 Å². The van der Waals surface area contributed by atoms with E-state index in [4.69, 9.17) is 5.73 Å². The highest BCUT2D eigenvalue weighted by Crippen LogP contribution is 2.27. The number of nitro benzene ring substituents is 1. The van der Waals surface area contributed by atoms with E-state index in [9.17, 15) is 14.9 Å². The fourth-order valence-electron chi connectivity index (χ4n) is 1.88. The van der Waals surface area contributed by atoms with Crippen molar-refractivity contribution in [3.8, 4) is 0 Å². The summed E-state index contributed by atoms with van der Waals surface area (Å²) in [7, 11) is 0. The third kappa shape index (κ3) is 4.31. The van der Waals surface area contributed by atoms with Crippen LogP contribution < -0.4 is 10.5 Å². The molecule has 22 heavy (non-hydrogen) atoms. The molecule has 0 saturated carbocycles. The van der Waals surface area contributed by atoms with E-state index in [-0.39, 0.29) is 5.69 Å². The van der Waals surface area contributed by atoms with Gasteiger partial charge in [-0.05, 0) is 30.0 Å². The Bertz CT molecular complexity index is 664. The largest absolute Gasteiger partial charge is 0.368 e. The van der Waals surface area contributed by atoms with Crippen LogP contribution in [0.2, 0.25) is 0 Å². The Morgan fingerprint density at radius 2 is 1.82 bits per heavy atom. The molecule has 0 radical (unpaired) electrons. The molecule has 114 valence electrons. The van der Waals surface area contributed by atoms with Crippen molar-refractivity contribution in [2.45, 2.75) is 17.4 Å². The van der Waals surface area contributed by atoms with Crippen molar-refractivity contribution >= 4 is 23.5 Å². The first-order valence-electron chi connectivity index (χ1n) is 6.57. The van der Waals surface area contributed by atoms with Crippen LogP contribution in [-0.4, -0.2) is 16.9 Å². The van der Waals surface area contributed by atoms with Crippen molar-refractivity contribution in [1.29, 1.82) is 0 Å². The molecule has 6 nitrogen and oxygen atoms in total. The number of nitrogens with two attached hydrogens (primary N) is 1. The smallest absolute Gasteiger partial charge is 0.284 e. The fourth-order valence-corrected chi connectivity index (χ4v) is 2.74. The van der Waals surface area contributed by atoms with E-state index in [1.54, 1.807) is 18.2 Å². The van der Waals surface area contributed by atoms with Crippen LogP contribution in [0.1, 0.15) is 5.56 Å². The van der Waals surface area contributed by atoms with Crippen LogP contribution >= 0.6 is 11.9 Å². The highest BCUT2D eigenvalue weighted by atomic mass is 32.2. The van der Waals surface area contributed by atoms with Gasteiger partial charge in [-0.25, -0.2) is 4.72 Å². The van der Waals surface area contributed by atoms with Crippen LogP contribution in [0.25, 0.3) is 0 Å². The Hall–Kier alpha value is -2.38. The molecular weight excluding hydrogens is 302 g/mol. The Balaban J connectivity index is 2.07. The quantitative estimate of drug-likeness (QED) is 0.464. The number of hydrogen-bond acceptors (Lipinski definition) is 5. The molecule has 3 N–H and O–H groups in total. The number of nitrogens with one attached hydrogen (secondary N) is 1. The van der Waals surface area contributed by atoms with Gasteiger partial charge in [-0.2, -0.15) is 0 Å². The number of hydrogen-bond donors (Lipinski definition) is 2. The maximum atomic E-state index is 11.6. The van der Waals surface area contributed by atoms with Crippen molar-refractivity contribution in [2.24, 2.45) is 5.73 Å². The van der Waals surface area contributed by atoms with E-state index in [2.05, 4.69) is 4.72 Å². The lowest BCUT2D eigenvalue weighted by Gasteiger charge is -2.14. The lowest BCUT2D eigenvalue weighted by Crippen LogP contribution is -2.39. The molecule has 0 unspecified atom stereocenters. The first-order valence-corrected chi connectivity index (χ1v) is 7.38. The highest BCUT2D eigenvalue weighted by Gasteiger charge is 2.19. The van der Waals surface area contributed by atoms with E-state index in [1.807, 2.05) is 30.3 Å². The summed E-state index contributed by atoms with van der Waals surface area (Å²) in [5.74, 6) is -0.505. The molecule has 2 aromatic rings. The number of carbonyl (C=O) groups is 1. The standard InChI is InChI=1S/C15H15N3O3S/c16-15(19)12(10-11-6-2-1-3-7-11)17-22-14-9-5-4-8-13(14)18(20)21/h1-9,12,17H,10H2,(H2,16,19)/t12-/m0/s1. The first-order chi connectivity index (χ1) is 10.6. The summed E-state index contributed by atoms with van der Waals surface area (Å²) >= 11 is 1.04.